The van der Waals surface area contributed by atoms with Gasteiger partial charge in [0.05, 0.1) is 7.11 Å². The van der Waals surface area contributed by atoms with E-state index in [4.69, 9.17) is 4.74 Å². The van der Waals surface area contributed by atoms with Gasteiger partial charge < -0.3 is 9.64 Å². The third kappa shape index (κ3) is 2.05. The summed E-state index contributed by atoms with van der Waals surface area (Å²) in [5.41, 5.74) is 4.02. The first-order chi connectivity index (χ1) is 11.4. The van der Waals surface area contributed by atoms with E-state index in [9.17, 15) is 0 Å². The SMILES string of the molecule is COc1ccc2c(c1)CC[C@H]1[C@@H]2CC[C@]2(C)[C@H]1CC[C@@]2(C)N(C)C. The van der Waals surface area contributed by atoms with Gasteiger partial charge in [0.15, 0.2) is 0 Å². The molecule has 2 nitrogen and oxygen atoms in total. The van der Waals surface area contributed by atoms with Crippen LogP contribution in [0.4, 0.5) is 0 Å². The van der Waals surface area contributed by atoms with Crippen molar-refractivity contribution in [3.8, 4) is 5.75 Å². The van der Waals surface area contributed by atoms with Crippen LogP contribution in [0.3, 0.4) is 0 Å². The molecule has 4 rings (SSSR count). The number of fused-ring (bicyclic) bond motifs is 5. The summed E-state index contributed by atoms with van der Waals surface area (Å²) in [7, 11) is 6.37. The van der Waals surface area contributed by atoms with Crippen molar-refractivity contribution in [2.24, 2.45) is 17.3 Å². The van der Waals surface area contributed by atoms with Gasteiger partial charge in [-0.2, -0.15) is 0 Å². The number of hydrogen-bond acceptors (Lipinski definition) is 2. The Labute approximate surface area is 147 Å². The zero-order valence-electron chi connectivity index (χ0n) is 16.1. The van der Waals surface area contributed by atoms with Crippen LogP contribution in [-0.4, -0.2) is 31.6 Å². The maximum Gasteiger partial charge on any atom is 0.119 e. The van der Waals surface area contributed by atoms with Crippen molar-refractivity contribution in [2.45, 2.75) is 63.8 Å². The molecule has 24 heavy (non-hydrogen) atoms. The maximum atomic E-state index is 5.45. The predicted molar refractivity (Wildman–Crippen MR) is 99.7 cm³/mol. The van der Waals surface area contributed by atoms with Crippen molar-refractivity contribution >= 4 is 0 Å². The molecule has 0 saturated heterocycles. The summed E-state index contributed by atoms with van der Waals surface area (Å²) in [6.07, 6.45) is 8.12. The fourth-order valence-corrected chi connectivity index (χ4v) is 6.66. The lowest BCUT2D eigenvalue weighted by Crippen LogP contribution is -2.55. The monoisotopic (exact) mass is 327 g/mol. The molecule has 3 aliphatic rings. The Morgan fingerprint density at radius 3 is 2.58 bits per heavy atom. The van der Waals surface area contributed by atoms with Crippen LogP contribution in [0.2, 0.25) is 0 Å². The van der Waals surface area contributed by atoms with Gasteiger partial charge >= 0.3 is 0 Å². The second-order valence-corrected chi connectivity index (χ2v) is 9.14. The second-order valence-electron chi connectivity index (χ2n) is 9.14. The molecule has 1 aromatic carbocycles. The Morgan fingerprint density at radius 2 is 1.88 bits per heavy atom. The first-order valence-corrected chi connectivity index (χ1v) is 9.75. The molecule has 0 heterocycles. The molecule has 1 aromatic rings. The molecule has 0 aromatic heterocycles. The van der Waals surface area contributed by atoms with Gasteiger partial charge in [0.25, 0.3) is 0 Å². The van der Waals surface area contributed by atoms with Crippen LogP contribution < -0.4 is 4.74 Å². The smallest absolute Gasteiger partial charge is 0.119 e. The van der Waals surface area contributed by atoms with Crippen LogP contribution in [0.5, 0.6) is 5.75 Å². The van der Waals surface area contributed by atoms with E-state index in [0.29, 0.717) is 11.0 Å². The maximum absolute atomic E-state index is 5.45. The van der Waals surface area contributed by atoms with Crippen molar-refractivity contribution in [3.05, 3.63) is 29.3 Å². The van der Waals surface area contributed by atoms with E-state index >= 15 is 0 Å². The lowest BCUT2D eigenvalue weighted by Gasteiger charge is -2.56. The third-order valence-electron chi connectivity index (χ3n) is 8.48. The van der Waals surface area contributed by atoms with E-state index in [2.05, 4.69) is 51.0 Å². The minimum absolute atomic E-state index is 0.364. The molecule has 132 valence electrons. The zero-order valence-corrected chi connectivity index (χ0v) is 16.1. The third-order valence-corrected chi connectivity index (χ3v) is 8.48. The topological polar surface area (TPSA) is 12.5 Å². The lowest BCUT2D eigenvalue weighted by atomic mass is 9.52. The Balaban J connectivity index is 1.68. The highest BCUT2D eigenvalue weighted by Gasteiger charge is 2.60. The number of methoxy groups -OCH3 is 1. The average molecular weight is 328 g/mol. The van der Waals surface area contributed by atoms with E-state index in [1.54, 1.807) is 18.2 Å². The number of hydrogen-bond donors (Lipinski definition) is 0. The van der Waals surface area contributed by atoms with Gasteiger partial charge in [-0.05, 0) is 106 Å². The van der Waals surface area contributed by atoms with Crippen LogP contribution in [0.15, 0.2) is 18.2 Å². The minimum atomic E-state index is 0.364. The molecule has 0 N–H and O–H groups in total. The molecule has 3 aliphatic carbocycles. The van der Waals surface area contributed by atoms with Gasteiger partial charge in [0, 0.05) is 5.54 Å². The molecular weight excluding hydrogens is 294 g/mol. The molecule has 0 aliphatic heterocycles. The summed E-state index contributed by atoms with van der Waals surface area (Å²) < 4.78 is 5.45. The fraction of sp³-hybridized carbons (Fsp3) is 0.727. The Bertz CT molecular complexity index is 639. The van der Waals surface area contributed by atoms with E-state index in [-0.39, 0.29) is 0 Å². The number of aryl methyl sites for hydroxylation is 1. The predicted octanol–water partition coefficient (Wildman–Crippen LogP) is 4.87. The Morgan fingerprint density at radius 1 is 1.08 bits per heavy atom. The first kappa shape index (κ1) is 16.4. The highest BCUT2D eigenvalue weighted by molar-refractivity contribution is 5.41. The van der Waals surface area contributed by atoms with Gasteiger partial charge in [-0.1, -0.05) is 13.0 Å². The van der Waals surface area contributed by atoms with Gasteiger partial charge in [-0.3, -0.25) is 0 Å². The number of rotatable bonds is 2. The van der Waals surface area contributed by atoms with Gasteiger partial charge in [-0.15, -0.1) is 0 Å². The summed E-state index contributed by atoms with van der Waals surface area (Å²) in [6, 6.07) is 6.83. The highest BCUT2D eigenvalue weighted by atomic mass is 16.5. The molecule has 0 unspecified atom stereocenters. The van der Waals surface area contributed by atoms with Crippen molar-refractivity contribution < 1.29 is 4.74 Å². The quantitative estimate of drug-likeness (QED) is 0.768. The number of nitrogens with zero attached hydrogens (tertiary/aromatic N) is 1. The fourth-order valence-electron chi connectivity index (χ4n) is 6.66. The summed E-state index contributed by atoms with van der Waals surface area (Å²) in [5, 5.41) is 0. The van der Waals surface area contributed by atoms with Crippen LogP contribution in [-0.2, 0) is 6.42 Å². The van der Waals surface area contributed by atoms with Crippen molar-refractivity contribution in [1.29, 1.82) is 0 Å². The zero-order chi connectivity index (χ0) is 17.1. The van der Waals surface area contributed by atoms with Crippen LogP contribution in [0, 0.1) is 17.3 Å². The summed E-state index contributed by atoms with van der Waals surface area (Å²) in [6.45, 7) is 5.12. The van der Waals surface area contributed by atoms with Gasteiger partial charge in [0.2, 0.25) is 0 Å². The number of ether oxygens (including phenoxy) is 1. The minimum Gasteiger partial charge on any atom is -0.497 e. The van der Waals surface area contributed by atoms with E-state index in [1.165, 1.54) is 38.5 Å². The van der Waals surface area contributed by atoms with Crippen LogP contribution in [0.1, 0.15) is 63.0 Å². The highest BCUT2D eigenvalue weighted by Crippen LogP contribution is 2.65. The largest absolute Gasteiger partial charge is 0.497 e. The van der Waals surface area contributed by atoms with Crippen molar-refractivity contribution in [1.82, 2.24) is 4.90 Å². The molecule has 0 bridgehead atoms. The molecule has 2 saturated carbocycles. The standard InChI is InChI=1S/C22H33NO/c1-21-12-10-18-17-9-7-16(24-5)14-15(17)6-8-19(18)20(21)11-13-22(21,2)23(3)4/h7,9,14,18-20H,6,8,10-13H2,1-5H3/t18-,19+,20+,21-,22-/m1/s1. The summed E-state index contributed by atoms with van der Waals surface area (Å²) in [4.78, 5) is 2.52. The normalized spacial score (nSPS) is 40.8. The van der Waals surface area contributed by atoms with E-state index < -0.39 is 0 Å². The second kappa shape index (κ2) is 5.49. The first-order valence-electron chi connectivity index (χ1n) is 9.75. The molecule has 2 fully saturated rings. The molecule has 0 amide bonds. The van der Waals surface area contributed by atoms with Crippen molar-refractivity contribution in [2.75, 3.05) is 21.2 Å². The molecule has 0 spiro atoms. The van der Waals surface area contributed by atoms with Gasteiger partial charge in [0.1, 0.15) is 5.75 Å². The summed E-state index contributed by atoms with van der Waals surface area (Å²) in [5.74, 6) is 3.57. The molecule has 0 radical (unpaired) electrons. The number of benzene rings is 1. The molecule has 5 atom stereocenters. The van der Waals surface area contributed by atoms with Crippen molar-refractivity contribution in [3.63, 3.8) is 0 Å². The molecule has 2 heteroatoms. The average Bonchev–Trinajstić information content (AvgIpc) is 2.87. The Kier molecular flexibility index (Phi) is 3.76. The Hall–Kier alpha value is -1.02. The van der Waals surface area contributed by atoms with E-state index in [1.807, 2.05) is 0 Å². The van der Waals surface area contributed by atoms with Gasteiger partial charge in [-0.25, -0.2) is 0 Å². The molecular formula is C22H33NO. The van der Waals surface area contributed by atoms with Crippen LogP contribution in [0.25, 0.3) is 0 Å². The van der Waals surface area contributed by atoms with E-state index in [0.717, 1.165) is 23.5 Å². The van der Waals surface area contributed by atoms with Crippen LogP contribution >= 0.6 is 0 Å². The lowest BCUT2D eigenvalue weighted by molar-refractivity contribution is -0.0364. The summed E-state index contributed by atoms with van der Waals surface area (Å²) >= 11 is 0.